The number of rotatable bonds is 5. The number of para-hydroxylation sites is 1. The van der Waals surface area contributed by atoms with Gasteiger partial charge in [0, 0.05) is 16.1 Å². The van der Waals surface area contributed by atoms with Crippen LogP contribution in [0.15, 0.2) is 66.7 Å². The van der Waals surface area contributed by atoms with Crippen molar-refractivity contribution < 1.29 is 9.53 Å². The molecule has 3 nitrogen and oxygen atoms in total. The van der Waals surface area contributed by atoms with Crippen LogP contribution >= 0.6 is 34.8 Å². The van der Waals surface area contributed by atoms with Gasteiger partial charge in [0.2, 0.25) is 0 Å². The molecule has 1 N–H and O–H groups in total. The maximum Gasteiger partial charge on any atom is 0.255 e. The Morgan fingerprint density at radius 3 is 2.08 bits per heavy atom. The van der Waals surface area contributed by atoms with E-state index in [0.29, 0.717) is 38.7 Å². The molecule has 6 heteroatoms. The van der Waals surface area contributed by atoms with E-state index in [1.807, 2.05) is 24.3 Å². The van der Waals surface area contributed by atoms with Gasteiger partial charge >= 0.3 is 0 Å². The van der Waals surface area contributed by atoms with Crippen LogP contribution in [-0.2, 0) is 6.61 Å². The standard InChI is InChI=1S/C20H14Cl3NO2/c21-16-5-2-1-4-14(16)12-26-15-10-8-13(9-11-15)20(25)24-19-17(22)6-3-7-18(19)23/h1-11H,12H2,(H,24,25). The number of ether oxygens (including phenoxy) is 1. The van der Waals surface area contributed by atoms with Crippen molar-refractivity contribution in [3.05, 3.63) is 92.9 Å². The van der Waals surface area contributed by atoms with Crippen LogP contribution in [0.25, 0.3) is 0 Å². The van der Waals surface area contributed by atoms with Crippen LogP contribution in [0.4, 0.5) is 5.69 Å². The maximum atomic E-state index is 12.4. The number of amides is 1. The molecule has 0 radical (unpaired) electrons. The first-order chi connectivity index (χ1) is 12.5. The Bertz CT molecular complexity index is 906. The third kappa shape index (κ3) is 4.50. The molecular formula is C20H14Cl3NO2. The lowest BCUT2D eigenvalue weighted by Crippen LogP contribution is -2.12. The van der Waals surface area contributed by atoms with E-state index in [0.717, 1.165) is 5.56 Å². The summed E-state index contributed by atoms with van der Waals surface area (Å²) in [6.45, 7) is 0.348. The SMILES string of the molecule is O=C(Nc1c(Cl)cccc1Cl)c1ccc(OCc2ccccc2Cl)cc1. The zero-order chi connectivity index (χ0) is 18.5. The van der Waals surface area contributed by atoms with E-state index >= 15 is 0 Å². The number of halogens is 3. The molecule has 0 unspecified atom stereocenters. The molecule has 0 saturated carbocycles. The third-order valence-electron chi connectivity index (χ3n) is 3.67. The largest absolute Gasteiger partial charge is 0.489 e. The predicted molar refractivity (Wildman–Crippen MR) is 107 cm³/mol. The van der Waals surface area contributed by atoms with E-state index in [1.165, 1.54) is 0 Å². The van der Waals surface area contributed by atoms with Crippen LogP contribution in [0.3, 0.4) is 0 Å². The summed E-state index contributed by atoms with van der Waals surface area (Å²) in [5.41, 5.74) is 1.75. The Labute approximate surface area is 166 Å². The molecule has 0 bridgehead atoms. The minimum Gasteiger partial charge on any atom is -0.489 e. The summed E-state index contributed by atoms with van der Waals surface area (Å²) in [5, 5.41) is 4.13. The van der Waals surface area contributed by atoms with Crippen molar-refractivity contribution in [1.82, 2.24) is 0 Å². The van der Waals surface area contributed by atoms with Gasteiger partial charge in [0.05, 0.1) is 15.7 Å². The number of carbonyl (C=O) groups is 1. The Hall–Kier alpha value is -2.20. The lowest BCUT2D eigenvalue weighted by Gasteiger charge is -2.10. The molecule has 0 aromatic heterocycles. The molecule has 3 rings (SSSR count). The number of hydrogen-bond acceptors (Lipinski definition) is 2. The van der Waals surface area contributed by atoms with Crippen LogP contribution in [0.2, 0.25) is 15.1 Å². The lowest BCUT2D eigenvalue weighted by atomic mass is 10.2. The first kappa shape index (κ1) is 18.6. The Morgan fingerprint density at radius 1 is 0.808 bits per heavy atom. The quantitative estimate of drug-likeness (QED) is 0.526. The van der Waals surface area contributed by atoms with Gasteiger partial charge in [-0.15, -0.1) is 0 Å². The van der Waals surface area contributed by atoms with Crippen LogP contribution in [-0.4, -0.2) is 5.91 Å². The zero-order valence-electron chi connectivity index (χ0n) is 13.5. The average molecular weight is 407 g/mol. The zero-order valence-corrected chi connectivity index (χ0v) is 15.8. The summed E-state index contributed by atoms with van der Waals surface area (Å²) in [4.78, 5) is 12.4. The fourth-order valence-electron chi connectivity index (χ4n) is 2.28. The van der Waals surface area contributed by atoms with Crippen molar-refractivity contribution in [3.63, 3.8) is 0 Å². The topological polar surface area (TPSA) is 38.3 Å². The molecule has 1 amide bonds. The fraction of sp³-hybridized carbons (Fsp3) is 0.0500. The van der Waals surface area contributed by atoms with Gasteiger partial charge in [0.25, 0.3) is 5.91 Å². The van der Waals surface area contributed by atoms with Gasteiger partial charge in [-0.05, 0) is 42.5 Å². The molecule has 0 heterocycles. The van der Waals surface area contributed by atoms with Crippen LogP contribution in [0, 0.1) is 0 Å². The second-order valence-corrected chi connectivity index (χ2v) is 6.68. The summed E-state index contributed by atoms with van der Waals surface area (Å²) in [6, 6.07) is 19.3. The van der Waals surface area contributed by atoms with E-state index < -0.39 is 0 Å². The van der Waals surface area contributed by atoms with Gasteiger partial charge < -0.3 is 10.1 Å². The second kappa shape index (κ2) is 8.45. The minimum atomic E-state index is -0.308. The first-order valence-electron chi connectivity index (χ1n) is 7.76. The molecular weight excluding hydrogens is 393 g/mol. The van der Waals surface area contributed by atoms with Gasteiger partial charge in [-0.25, -0.2) is 0 Å². The normalized spacial score (nSPS) is 10.4. The molecule has 0 spiro atoms. The smallest absolute Gasteiger partial charge is 0.255 e. The van der Waals surface area contributed by atoms with Crippen LogP contribution < -0.4 is 10.1 Å². The molecule has 132 valence electrons. The Kier molecular flexibility index (Phi) is 6.04. The van der Waals surface area contributed by atoms with E-state index in [1.54, 1.807) is 42.5 Å². The van der Waals surface area contributed by atoms with Crippen molar-refractivity contribution in [2.24, 2.45) is 0 Å². The number of hydrogen-bond donors (Lipinski definition) is 1. The number of carbonyl (C=O) groups excluding carboxylic acids is 1. The van der Waals surface area contributed by atoms with E-state index in [2.05, 4.69) is 5.32 Å². The monoisotopic (exact) mass is 405 g/mol. The highest BCUT2D eigenvalue weighted by Gasteiger charge is 2.11. The van der Waals surface area contributed by atoms with E-state index in [4.69, 9.17) is 39.5 Å². The Balaban J connectivity index is 1.65. The highest BCUT2D eigenvalue weighted by Crippen LogP contribution is 2.30. The van der Waals surface area contributed by atoms with E-state index in [9.17, 15) is 4.79 Å². The summed E-state index contributed by atoms with van der Waals surface area (Å²) < 4.78 is 5.71. The number of nitrogens with one attached hydrogen (secondary N) is 1. The van der Waals surface area contributed by atoms with Gasteiger partial charge in [-0.2, -0.15) is 0 Å². The van der Waals surface area contributed by atoms with Gasteiger partial charge in [0.15, 0.2) is 0 Å². The van der Waals surface area contributed by atoms with Crippen molar-refractivity contribution in [2.75, 3.05) is 5.32 Å². The molecule has 26 heavy (non-hydrogen) atoms. The summed E-state index contributed by atoms with van der Waals surface area (Å²) in [5.74, 6) is 0.329. The summed E-state index contributed by atoms with van der Waals surface area (Å²) in [7, 11) is 0. The molecule has 0 saturated heterocycles. The Morgan fingerprint density at radius 2 is 1.42 bits per heavy atom. The van der Waals surface area contributed by atoms with Crippen LogP contribution in [0.1, 0.15) is 15.9 Å². The van der Waals surface area contributed by atoms with Crippen molar-refractivity contribution in [2.45, 2.75) is 6.61 Å². The average Bonchev–Trinajstić information content (AvgIpc) is 2.64. The van der Waals surface area contributed by atoms with E-state index in [-0.39, 0.29) is 5.91 Å². The van der Waals surface area contributed by atoms with Crippen molar-refractivity contribution in [3.8, 4) is 5.75 Å². The van der Waals surface area contributed by atoms with Gasteiger partial charge in [-0.3, -0.25) is 4.79 Å². The predicted octanol–water partition coefficient (Wildman–Crippen LogP) is 6.48. The van der Waals surface area contributed by atoms with Crippen molar-refractivity contribution >= 4 is 46.4 Å². The maximum absolute atomic E-state index is 12.4. The first-order valence-corrected chi connectivity index (χ1v) is 8.89. The molecule has 0 fully saturated rings. The number of anilines is 1. The lowest BCUT2D eigenvalue weighted by molar-refractivity contribution is 0.102. The van der Waals surface area contributed by atoms with Gasteiger partial charge in [0.1, 0.15) is 12.4 Å². The second-order valence-electron chi connectivity index (χ2n) is 5.46. The summed E-state index contributed by atoms with van der Waals surface area (Å²) >= 11 is 18.2. The van der Waals surface area contributed by atoms with Gasteiger partial charge in [-0.1, -0.05) is 59.1 Å². The highest BCUT2D eigenvalue weighted by molar-refractivity contribution is 6.40. The molecule has 3 aromatic carbocycles. The molecule has 0 aliphatic heterocycles. The molecule has 0 atom stereocenters. The fourth-order valence-corrected chi connectivity index (χ4v) is 2.96. The van der Waals surface area contributed by atoms with Crippen molar-refractivity contribution in [1.29, 1.82) is 0 Å². The third-order valence-corrected chi connectivity index (χ3v) is 4.67. The minimum absolute atomic E-state index is 0.308. The highest BCUT2D eigenvalue weighted by atomic mass is 35.5. The number of benzene rings is 3. The van der Waals surface area contributed by atoms with Crippen LogP contribution in [0.5, 0.6) is 5.75 Å². The molecule has 0 aliphatic rings. The summed E-state index contributed by atoms with van der Waals surface area (Å²) in [6.07, 6.45) is 0. The molecule has 3 aromatic rings. The molecule has 0 aliphatic carbocycles.